The van der Waals surface area contributed by atoms with Gasteiger partial charge >= 0.3 is 0 Å². The fourth-order valence-corrected chi connectivity index (χ4v) is 4.71. The van der Waals surface area contributed by atoms with E-state index in [-0.39, 0.29) is 58.9 Å². The molecule has 0 saturated carbocycles. The second-order valence-electron chi connectivity index (χ2n) is 7.69. The number of rotatable bonds is 2. The van der Waals surface area contributed by atoms with E-state index in [0.29, 0.717) is 25.7 Å². The molecule has 1 aromatic rings. The third kappa shape index (κ3) is 2.32. The van der Waals surface area contributed by atoms with Crippen molar-refractivity contribution >= 4 is 35.3 Å². The first-order valence-corrected chi connectivity index (χ1v) is 9.60. The molecule has 2 aliphatic carbocycles. The molecule has 4 amide bonds. The van der Waals surface area contributed by atoms with E-state index in [9.17, 15) is 19.2 Å². The summed E-state index contributed by atoms with van der Waals surface area (Å²) in [5, 5.41) is 0. The summed E-state index contributed by atoms with van der Waals surface area (Å²) in [6.07, 6.45) is 9.90. The minimum atomic E-state index is -0.355. The molecule has 7 nitrogen and oxygen atoms in total. The van der Waals surface area contributed by atoms with Crippen LogP contribution in [0.3, 0.4) is 0 Å². The number of amides is 4. The van der Waals surface area contributed by atoms with Crippen LogP contribution in [0, 0.1) is 23.7 Å². The predicted molar refractivity (Wildman–Crippen MR) is 99.9 cm³/mol. The molecule has 1 aromatic heterocycles. The normalized spacial score (nSPS) is 31.6. The topological polar surface area (TPSA) is 87.7 Å². The van der Waals surface area contributed by atoms with E-state index in [4.69, 9.17) is 0 Å². The van der Waals surface area contributed by atoms with Gasteiger partial charge in [0.2, 0.25) is 23.6 Å². The molecule has 0 N–H and O–H groups in total. The van der Waals surface area contributed by atoms with Gasteiger partial charge in [-0.15, -0.1) is 0 Å². The zero-order valence-electron chi connectivity index (χ0n) is 15.2. The molecule has 0 bridgehead atoms. The summed E-state index contributed by atoms with van der Waals surface area (Å²) >= 11 is 0. The van der Waals surface area contributed by atoms with Crippen molar-refractivity contribution < 1.29 is 19.2 Å². The molecular weight excluding hydrogens is 358 g/mol. The van der Waals surface area contributed by atoms with E-state index in [1.807, 2.05) is 24.3 Å². The zero-order valence-corrected chi connectivity index (χ0v) is 15.2. The fourth-order valence-electron chi connectivity index (χ4n) is 4.71. The standard InChI is InChI=1S/C21H19N3O4/c25-18-12-6-1-2-7-13(12)19(26)23(18)16-10-5-11-17(22-16)24-20(27)14-8-3-4-9-15(14)21(24)28/h1-5,10-15H,6-9H2/t12-,13-,14-,15+/m1/s1. The van der Waals surface area contributed by atoms with E-state index in [1.54, 1.807) is 18.2 Å². The van der Waals surface area contributed by atoms with Crippen molar-refractivity contribution in [1.82, 2.24) is 4.98 Å². The molecule has 142 valence electrons. The number of pyridine rings is 1. The molecule has 28 heavy (non-hydrogen) atoms. The SMILES string of the molecule is O=C1[C@H]2CC=CC[C@H]2C(=O)N1c1cccc(N2C(=O)[C@@H]3CC=CC[C@H]3C2=O)n1. The van der Waals surface area contributed by atoms with Gasteiger partial charge in [0.05, 0.1) is 23.7 Å². The molecular formula is C21H19N3O4. The summed E-state index contributed by atoms with van der Waals surface area (Å²) < 4.78 is 0. The van der Waals surface area contributed by atoms with Crippen LogP contribution in [0.4, 0.5) is 11.6 Å². The first-order valence-electron chi connectivity index (χ1n) is 9.60. The summed E-state index contributed by atoms with van der Waals surface area (Å²) in [5.74, 6) is -2.12. The van der Waals surface area contributed by atoms with Gasteiger partial charge in [-0.25, -0.2) is 14.8 Å². The Morgan fingerprint density at radius 3 is 1.25 bits per heavy atom. The summed E-state index contributed by atoms with van der Waals surface area (Å²) in [6.45, 7) is 0. The first-order chi connectivity index (χ1) is 13.6. The number of hydrogen-bond donors (Lipinski definition) is 0. The van der Waals surface area contributed by atoms with Crippen LogP contribution in [-0.4, -0.2) is 28.6 Å². The molecule has 7 heteroatoms. The van der Waals surface area contributed by atoms with E-state index >= 15 is 0 Å². The number of allylic oxidation sites excluding steroid dienone is 4. The Hall–Kier alpha value is -3.09. The van der Waals surface area contributed by atoms with Gasteiger partial charge in [-0.3, -0.25) is 19.2 Å². The Kier molecular flexibility index (Phi) is 3.79. The van der Waals surface area contributed by atoms with E-state index in [2.05, 4.69) is 4.98 Å². The molecule has 3 heterocycles. The average molecular weight is 377 g/mol. The molecule has 4 aliphatic rings. The molecule has 0 unspecified atom stereocenters. The summed E-state index contributed by atoms with van der Waals surface area (Å²) in [7, 11) is 0. The van der Waals surface area contributed by atoms with Gasteiger partial charge in [0.1, 0.15) is 11.6 Å². The average Bonchev–Trinajstić information content (AvgIpc) is 3.13. The Labute approximate surface area is 161 Å². The van der Waals surface area contributed by atoms with Crippen molar-refractivity contribution in [2.45, 2.75) is 25.7 Å². The molecule has 0 radical (unpaired) electrons. The van der Waals surface area contributed by atoms with E-state index < -0.39 is 0 Å². The lowest BCUT2D eigenvalue weighted by molar-refractivity contribution is -0.124. The largest absolute Gasteiger partial charge is 0.274 e. The Morgan fingerprint density at radius 1 is 0.607 bits per heavy atom. The second-order valence-corrected chi connectivity index (χ2v) is 7.69. The number of imide groups is 2. The maximum Gasteiger partial charge on any atom is 0.239 e. The van der Waals surface area contributed by atoms with E-state index in [1.165, 1.54) is 0 Å². The van der Waals surface area contributed by atoms with Crippen LogP contribution < -0.4 is 9.80 Å². The van der Waals surface area contributed by atoms with Crippen LogP contribution in [0.25, 0.3) is 0 Å². The van der Waals surface area contributed by atoms with Crippen LogP contribution in [0.2, 0.25) is 0 Å². The number of nitrogens with zero attached hydrogens (tertiary/aromatic N) is 3. The van der Waals surface area contributed by atoms with Crippen molar-refractivity contribution in [2.75, 3.05) is 9.80 Å². The maximum atomic E-state index is 12.8. The van der Waals surface area contributed by atoms with Gasteiger partial charge in [-0.1, -0.05) is 30.4 Å². The van der Waals surface area contributed by atoms with Gasteiger partial charge in [0.15, 0.2) is 0 Å². The van der Waals surface area contributed by atoms with E-state index in [0.717, 1.165) is 9.80 Å². The van der Waals surface area contributed by atoms with Crippen LogP contribution in [0.1, 0.15) is 25.7 Å². The van der Waals surface area contributed by atoms with Crippen LogP contribution in [0.5, 0.6) is 0 Å². The molecule has 0 aromatic carbocycles. The number of fused-ring (bicyclic) bond motifs is 2. The highest BCUT2D eigenvalue weighted by molar-refractivity contribution is 6.23. The Morgan fingerprint density at radius 2 is 0.929 bits per heavy atom. The van der Waals surface area contributed by atoms with Crippen molar-refractivity contribution in [3.8, 4) is 0 Å². The van der Waals surface area contributed by atoms with Crippen molar-refractivity contribution in [1.29, 1.82) is 0 Å². The predicted octanol–water partition coefficient (Wildman–Crippen LogP) is 1.99. The molecule has 2 saturated heterocycles. The molecule has 0 spiro atoms. The lowest BCUT2D eigenvalue weighted by Crippen LogP contribution is -2.34. The lowest BCUT2D eigenvalue weighted by atomic mass is 9.85. The lowest BCUT2D eigenvalue weighted by Gasteiger charge is -2.18. The highest BCUT2D eigenvalue weighted by atomic mass is 16.2. The van der Waals surface area contributed by atoms with Crippen LogP contribution in [-0.2, 0) is 19.2 Å². The Balaban J connectivity index is 1.48. The molecule has 2 aliphatic heterocycles. The smallest absolute Gasteiger partial charge is 0.239 e. The summed E-state index contributed by atoms with van der Waals surface area (Å²) in [4.78, 5) is 57.8. The van der Waals surface area contributed by atoms with Gasteiger partial charge < -0.3 is 0 Å². The monoisotopic (exact) mass is 377 g/mol. The highest BCUT2D eigenvalue weighted by Crippen LogP contribution is 2.39. The molecule has 2 fully saturated rings. The maximum absolute atomic E-state index is 12.8. The minimum Gasteiger partial charge on any atom is -0.274 e. The second kappa shape index (κ2) is 6.22. The summed E-state index contributed by atoms with van der Waals surface area (Å²) in [5.41, 5.74) is 0. The Bertz CT molecular complexity index is 841. The number of carbonyl (C=O) groups is 4. The number of carbonyl (C=O) groups excluding carboxylic acids is 4. The van der Waals surface area contributed by atoms with Gasteiger partial charge in [0.25, 0.3) is 0 Å². The van der Waals surface area contributed by atoms with Gasteiger partial charge in [-0.2, -0.15) is 0 Å². The number of anilines is 2. The quantitative estimate of drug-likeness (QED) is 0.581. The van der Waals surface area contributed by atoms with Crippen LogP contribution >= 0.6 is 0 Å². The van der Waals surface area contributed by atoms with Crippen molar-refractivity contribution in [3.05, 3.63) is 42.5 Å². The van der Waals surface area contributed by atoms with Crippen LogP contribution in [0.15, 0.2) is 42.5 Å². The third-order valence-electron chi connectivity index (χ3n) is 6.19. The highest BCUT2D eigenvalue weighted by Gasteiger charge is 2.50. The van der Waals surface area contributed by atoms with Crippen molar-refractivity contribution in [3.63, 3.8) is 0 Å². The molecule has 5 rings (SSSR count). The first kappa shape index (κ1) is 17.0. The summed E-state index contributed by atoms with van der Waals surface area (Å²) in [6, 6.07) is 4.77. The number of aromatic nitrogens is 1. The van der Waals surface area contributed by atoms with Gasteiger partial charge in [0, 0.05) is 0 Å². The fraction of sp³-hybridized carbons (Fsp3) is 0.381. The van der Waals surface area contributed by atoms with Crippen molar-refractivity contribution in [2.24, 2.45) is 23.7 Å². The van der Waals surface area contributed by atoms with Gasteiger partial charge in [-0.05, 0) is 37.8 Å². The zero-order chi connectivity index (χ0) is 19.4. The third-order valence-corrected chi connectivity index (χ3v) is 6.19. The minimum absolute atomic E-state index is 0.176. The number of hydrogen-bond acceptors (Lipinski definition) is 5. The molecule has 4 atom stereocenters.